The molecule has 0 spiro atoms. The molecular weight excluding hydrogens is 208 g/mol. The van der Waals surface area contributed by atoms with Gasteiger partial charge in [0.15, 0.2) is 0 Å². The maximum absolute atomic E-state index is 5.77. The number of hydrogen-bond donors (Lipinski definition) is 1. The number of fused-ring (bicyclic) bond motifs is 1. The van der Waals surface area contributed by atoms with Crippen molar-refractivity contribution >= 4 is 16.6 Å². The van der Waals surface area contributed by atoms with E-state index in [0.717, 1.165) is 27.8 Å². The first-order chi connectivity index (χ1) is 8.33. The first-order valence-electron chi connectivity index (χ1n) is 5.55. The number of nitrogen functional groups attached to an aromatic ring is 1. The molecule has 2 heteroatoms. The lowest BCUT2D eigenvalue weighted by atomic mass is 10.1. The topological polar surface area (TPSA) is 38.9 Å². The van der Waals surface area contributed by atoms with Crippen LogP contribution in [0.5, 0.6) is 0 Å². The molecule has 0 aliphatic rings. The van der Waals surface area contributed by atoms with Gasteiger partial charge in [-0.05, 0) is 18.2 Å². The summed E-state index contributed by atoms with van der Waals surface area (Å²) in [7, 11) is 0. The fourth-order valence-electron chi connectivity index (χ4n) is 1.90. The highest BCUT2D eigenvalue weighted by Crippen LogP contribution is 2.21. The minimum absolute atomic E-state index is 0.746. The van der Waals surface area contributed by atoms with Crippen molar-refractivity contribution in [1.29, 1.82) is 0 Å². The molecule has 82 valence electrons. The highest BCUT2D eigenvalue weighted by atomic mass is 14.7. The van der Waals surface area contributed by atoms with Gasteiger partial charge in [0.2, 0.25) is 0 Å². The number of benzene rings is 2. The summed E-state index contributed by atoms with van der Waals surface area (Å²) in [4.78, 5) is 4.63. The van der Waals surface area contributed by atoms with Crippen LogP contribution in [0.4, 0.5) is 5.69 Å². The first kappa shape index (κ1) is 9.85. The third-order valence-electron chi connectivity index (χ3n) is 2.79. The van der Waals surface area contributed by atoms with Gasteiger partial charge in [0, 0.05) is 16.6 Å². The van der Waals surface area contributed by atoms with E-state index < -0.39 is 0 Å². The molecule has 0 saturated heterocycles. The normalized spacial score (nSPS) is 10.6. The summed E-state index contributed by atoms with van der Waals surface area (Å²) in [6.07, 6.45) is 0. The van der Waals surface area contributed by atoms with Crippen LogP contribution in [-0.4, -0.2) is 4.98 Å². The molecule has 0 aliphatic carbocycles. The van der Waals surface area contributed by atoms with E-state index in [0.29, 0.717) is 0 Å². The lowest BCUT2D eigenvalue weighted by molar-refractivity contribution is 1.40. The maximum Gasteiger partial charge on any atom is 0.0730 e. The van der Waals surface area contributed by atoms with Gasteiger partial charge in [-0.3, -0.25) is 0 Å². The van der Waals surface area contributed by atoms with Crippen LogP contribution in [0.25, 0.3) is 22.2 Å². The lowest BCUT2D eigenvalue weighted by Gasteiger charge is -2.03. The van der Waals surface area contributed by atoms with E-state index >= 15 is 0 Å². The monoisotopic (exact) mass is 220 g/mol. The fourth-order valence-corrected chi connectivity index (χ4v) is 1.90. The number of nitrogens with two attached hydrogens (primary N) is 1. The highest BCUT2D eigenvalue weighted by molar-refractivity contribution is 5.84. The Balaban J connectivity index is 2.19. The van der Waals surface area contributed by atoms with E-state index in [4.69, 9.17) is 5.73 Å². The average Bonchev–Trinajstić information content (AvgIpc) is 2.39. The van der Waals surface area contributed by atoms with Crippen LogP contribution in [0.3, 0.4) is 0 Å². The fraction of sp³-hybridized carbons (Fsp3) is 0. The molecule has 0 fully saturated rings. The zero-order chi connectivity index (χ0) is 11.7. The van der Waals surface area contributed by atoms with Crippen LogP contribution in [-0.2, 0) is 0 Å². The van der Waals surface area contributed by atoms with Crippen molar-refractivity contribution in [3.63, 3.8) is 0 Å². The van der Waals surface area contributed by atoms with Crippen molar-refractivity contribution in [3.05, 3.63) is 60.7 Å². The van der Waals surface area contributed by atoms with Crippen molar-refractivity contribution in [2.45, 2.75) is 0 Å². The van der Waals surface area contributed by atoms with Gasteiger partial charge in [-0.2, -0.15) is 0 Å². The Morgan fingerprint density at radius 2 is 1.59 bits per heavy atom. The second-order valence-electron chi connectivity index (χ2n) is 4.01. The number of nitrogens with zero attached hydrogens (tertiary/aromatic N) is 1. The molecule has 2 aromatic carbocycles. The summed E-state index contributed by atoms with van der Waals surface area (Å²) >= 11 is 0. The summed E-state index contributed by atoms with van der Waals surface area (Å²) < 4.78 is 0. The van der Waals surface area contributed by atoms with E-state index in [1.807, 2.05) is 42.5 Å². The van der Waals surface area contributed by atoms with Crippen LogP contribution < -0.4 is 5.73 Å². The van der Waals surface area contributed by atoms with Gasteiger partial charge < -0.3 is 5.73 Å². The predicted molar refractivity (Wildman–Crippen MR) is 71.6 cm³/mol. The Bertz CT molecular complexity index is 660. The van der Waals surface area contributed by atoms with Crippen LogP contribution >= 0.6 is 0 Å². The van der Waals surface area contributed by atoms with Crippen LogP contribution in [0.15, 0.2) is 60.7 Å². The van der Waals surface area contributed by atoms with Gasteiger partial charge >= 0.3 is 0 Å². The number of rotatable bonds is 1. The summed E-state index contributed by atoms with van der Waals surface area (Å²) in [6.45, 7) is 0. The largest absolute Gasteiger partial charge is 0.399 e. The van der Waals surface area contributed by atoms with Crippen molar-refractivity contribution < 1.29 is 0 Å². The number of anilines is 1. The zero-order valence-corrected chi connectivity index (χ0v) is 9.30. The summed E-state index contributed by atoms with van der Waals surface area (Å²) in [6, 6.07) is 20.0. The van der Waals surface area contributed by atoms with Gasteiger partial charge in [-0.25, -0.2) is 4.98 Å². The molecule has 1 heterocycles. The minimum atomic E-state index is 0.746. The van der Waals surface area contributed by atoms with Crippen LogP contribution in [0, 0.1) is 0 Å². The number of aromatic nitrogens is 1. The molecule has 2 N–H and O–H groups in total. The molecular formula is C15H12N2. The summed E-state index contributed by atoms with van der Waals surface area (Å²) in [5.74, 6) is 0. The smallest absolute Gasteiger partial charge is 0.0730 e. The van der Waals surface area contributed by atoms with Crippen molar-refractivity contribution in [2.24, 2.45) is 0 Å². The molecule has 3 rings (SSSR count). The zero-order valence-electron chi connectivity index (χ0n) is 9.30. The molecule has 0 bridgehead atoms. The molecule has 17 heavy (non-hydrogen) atoms. The van der Waals surface area contributed by atoms with Crippen LogP contribution in [0.2, 0.25) is 0 Å². The Labute approximate surface area is 99.7 Å². The van der Waals surface area contributed by atoms with Crippen molar-refractivity contribution in [3.8, 4) is 11.3 Å². The molecule has 1 aromatic heterocycles. The van der Waals surface area contributed by atoms with Gasteiger partial charge in [0.1, 0.15) is 0 Å². The highest BCUT2D eigenvalue weighted by Gasteiger charge is 2.00. The first-order valence-corrected chi connectivity index (χ1v) is 5.55. The van der Waals surface area contributed by atoms with E-state index in [1.165, 1.54) is 0 Å². The van der Waals surface area contributed by atoms with Crippen LogP contribution in [0.1, 0.15) is 0 Å². The molecule has 2 nitrogen and oxygen atoms in total. The lowest BCUT2D eigenvalue weighted by Crippen LogP contribution is -1.88. The van der Waals surface area contributed by atoms with Gasteiger partial charge in [0.05, 0.1) is 11.2 Å². The van der Waals surface area contributed by atoms with Gasteiger partial charge in [-0.15, -0.1) is 0 Å². The van der Waals surface area contributed by atoms with E-state index in [2.05, 4.69) is 23.2 Å². The third-order valence-corrected chi connectivity index (χ3v) is 2.79. The predicted octanol–water partition coefficient (Wildman–Crippen LogP) is 3.48. The molecule has 0 saturated carbocycles. The van der Waals surface area contributed by atoms with Crippen molar-refractivity contribution in [1.82, 2.24) is 4.98 Å². The van der Waals surface area contributed by atoms with E-state index in [1.54, 1.807) is 0 Å². The van der Waals surface area contributed by atoms with Gasteiger partial charge in [0.25, 0.3) is 0 Å². The molecule has 0 unspecified atom stereocenters. The third kappa shape index (κ3) is 1.85. The maximum atomic E-state index is 5.77. The van der Waals surface area contributed by atoms with E-state index in [-0.39, 0.29) is 0 Å². The molecule has 0 atom stereocenters. The Morgan fingerprint density at radius 1 is 0.824 bits per heavy atom. The van der Waals surface area contributed by atoms with Crippen molar-refractivity contribution in [2.75, 3.05) is 5.73 Å². The standard InChI is InChI=1S/C15H12N2/c16-13-8-6-12-7-9-14(17-15(12)10-13)11-4-2-1-3-5-11/h1-10H,16H2. The average molecular weight is 220 g/mol. The summed E-state index contributed by atoms with van der Waals surface area (Å²) in [5.41, 5.74) is 9.55. The second kappa shape index (κ2) is 3.91. The minimum Gasteiger partial charge on any atom is -0.399 e. The van der Waals surface area contributed by atoms with E-state index in [9.17, 15) is 0 Å². The molecule has 0 radical (unpaired) electrons. The second-order valence-corrected chi connectivity index (χ2v) is 4.01. The molecule has 3 aromatic rings. The Kier molecular flexibility index (Phi) is 2.26. The summed E-state index contributed by atoms with van der Waals surface area (Å²) in [5, 5.41) is 1.11. The quantitative estimate of drug-likeness (QED) is 0.637. The molecule has 0 amide bonds. The van der Waals surface area contributed by atoms with Gasteiger partial charge in [-0.1, -0.05) is 42.5 Å². The number of pyridine rings is 1. The number of hydrogen-bond acceptors (Lipinski definition) is 2. The SMILES string of the molecule is Nc1ccc2ccc(-c3ccccc3)nc2c1. The molecule has 0 aliphatic heterocycles. The Hall–Kier alpha value is -2.35. The Morgan fingerprint density at radius 3 is 2.41 bits per heavy atom.